The number of benzene rings is 1. The van der Waals surface area contributed by atoms with Crippen LogP contribution in [0.25, 0.3) is 16.9 Å². The number of nitrogens with zero attached hydrogens (tertiary/aromatic N) is 8. The van der Waals surface area contributed by atoms with Crippen molar-refractivity contribution in [3.63, 3.8) is 0 Å². The summed E-state index contributed by atoms with van der Waals surface area (Å²) in [5.41, 5.74) is 3.30. The van der Waals surface area contributed by atoms with Crippen LogP contribution < -0.4 is 14.7 Å². The molecule has 1 aromatic carbocycles. The van der Waals surface area contributed by atoms with E-state index in [2.05, 4.69) is 19.8 Å². The molecule has 3 aromatic heterocycles. The highest BCUT2D eigenvalue weighted by atomic mass is 16.4. The number of pyridine rings is 1. The molecule has 2 N–H and O–H groups in total. The lowest BCUT2D eigenvalue weighted by Gasteiger charge is -2.36. The van der Waals surface area contributed by atoms with Gasteiger partial charge >= 0.3 is 5.97 Å². The number of carbonyl (C=O) groups is 1. The molecule has 2 aliphatic heterocycles. The third kappa shape index (κ3) is 4.02. The Kier molecular flexibility index (Phi) is 5.51. The van der Waals surface area contributed by atoms with E-state index in [0.717, 1.165) is 37.6 Å². The summed E-state index contributed by atoms with van der Waals surface area (Å²) in [6, 6.07) is 11.0. The van der Waals surface area contributed by atoms with Gasteiger partial charge in [-0.2, -0.15) is 9.97 Å². The number of aromatic nitrogens is 5. The van der Waals surface area contributed by atoms with Gasteiger partial charge < -0.3 is 24.9 Å². The van der Waals surface area contributed by atoms with E-state index in [1.54, 1.807) is 30.9 Å². The molecule has 2 aliphatic rings. The van der Waals surface area contributed by atoms with Gasteiger partial charge in [0.05, 0.1) is 11.6 Å². The molecule has 11 heteroatoms. The third-order valence-corrected chi connectivity index (χ3v) is 6.92. The zero-order chi connectivity index (χ0) is 24.6. The Morgan fingerprint density at radius 1 is 0.861 bits per heavy atom. The van der Waals surface area contributed by atoms with E-state index in [0.29, 0.717) is 42.4 Å². The van der Waals surface area contributed by atoms with Crippen LogP contribution in [0.3, 0.4) is 0 Å². The average Bonchev–Trinajstić information content (AvgIpc) is 3.57. The zero-order valence-corrected chi connectivity index (χ0v) is 19.6. The number of phenolic OH excluding ortho intramolecular Hbond substituents is 1. The highest BCUT2D eigenvalue weighted by molar-refractivity contribution is 5.87. The van der Waals surface area contributed by atoms with Gasteiger partial charge in [-0.3, -0.25) is 14.3 Å². The summed E-state index contributed by atoms with van der Waals surface area (Å²) in [6.07, 6.45) is 5.76. The third-order valence-electron chi connectivity index (χ3n) is 6.92. The Bertz CT molecular complexity index is 1380. The lowest BCUT2D eigenvalue weighted by Crippen LogP contribution is -2.47. The van der Waals surface area contributed by atoms with Gasteiger partial charge in [0.1, 0.15) is 12.1 Å². The summed E-state index contributed by atoms with van der Waals surface area (Å²) in [4.78, 5) is 36.7. The van der Waals surface area contributed by atoms with Gasteiger partial charge in [-0.15, -0.1) is 0 Å². The van der Waals surface area contributed by atoms with Crippen LogP contribution in [0, 0.1) is 5.92 Å². The van der Waals surface area contributed by atoms with Gasteiger partial charge in [-0.05, 0) is 42.8 Å². The Labute approximate surface area is 207 Å². The highest BCUT2D eigenvalue weighted by Gasteiger charge is 2.32. The number of phenols is 1. The van der Waals surface area contributed by atoms with Crippen molar-refractivity contribution in [2.45, 2.75) is 6.42 Å². The molecule has 0 spiro atoms. The summed E-state index contributed by atoms with van der Waals surface area (Å²) in [6.45, 7) is 4.04. The molecular weight excluding hydrogens is 460 g/mol. The van der Waals surface area contributed by atoms with Crippen molar-refractivity contribution >= 4 is 34.6 Å². The van der Waals surface area contributed by atoms with Crippen molar-refractivity contribution in [1.82, 2.24) is 24.5 Å². The largest absolute Gasteiger partial charge is 0.508 e. The molecular formula is C25H26N8O3. The van der Waals surface area contributed by atoms with Crippen molar-refractivity contribution in [3.8, 4) is 11.4 Å². The van der Waals surface area contributed by atoms with Gasteiger partial charge in [0, 0.05) is 57.3 Å². The molecule has 0 saturated carbocycles. The highest BCUT2D eigenvalue weighted by Crippen LogP contribution is 2.31. The maximum atomic E-state index is 11.6. The first-order valence-electron chi connectivity index (χ1n) is 12.0. The maximum Gasteiger partial charge on any atom is 0.308 e. The Balaban J connectivity index is 1.34. The summed E-state index contributed by atoms with van der Waals surface area (Å²) in [5.74, 6) is 0.333. The van der Waals surface area contributed by atoms with Crippen LogP contribution in [0.1, 0.15) is 6.42 Å². The molecule has 11 nitrogen and oxygen atoms in total. The van der Waals surface area contributed by atoms with Gasteiger partial charge in [-0.1, -0.05) is 0 Å². The average molecular weight is 487 g/mol. The summed E-state index contributed by atoms with van der Waals surface area (Å²) < 4.78 is 1.92. The van der Waals surface area contributed by atoms with Crippen LogP contribution in [0.4, 0.5) is 17.5 Å². The Morgan fingerprint density at radius 3 is 2.28 bits per heavy atom. The SMILES string of the molecule is O=C(O)C1CCN(c2nc(N3CCN(c4ccc(O)cc4)CC3)nc3c2ncn3-c2ccncc2)C1. The van der Waals surface area contributed by atoms with E-state index in [9.17, 15) is 15.0 Å². The topological polar surface area (TPSA) is 124 Å². The van der Waals surface area contributed by atoms with E-state index < -0.39 is 11.9 Å². The van der Waals surface area contributed by atoms with Crippen molar-refractivity contribution in [3.05, 3.63) is 55.1 Å². The summed E-state index contributed by atoms with van der Waals surface area (Å²) in [7, 11) is 0. The smallest absolute Gasteiger partial charge is 0.308 e. The Hall–Kier alpha value is -4.41. The molecule has 184 valence electrons. The standard InChI is InChI=1S/C25H26N8O3/c34-20-3-1-18(2-4-20)30-11-13-31(14-12-30)25-28-22(32-10-7-17(15-32)24(35)36)21-23(29-25)33(16-27-21)19-5-8-26-9-6-19/h1-6,8-9,16-17,34H,7,10-15H2,(H,35,36). The van der Waals surface area contributed by atoms with Crippen LogP contribution in [0.5, 0.6) is 5.75 Å². The predicted molar refractivity (Wildman–Crippen MR) is 135 cm³/mol. The number of carboxylic acids is 1. The van der Waals surface area contributed by atoms with Crippen LogP contribution in [-0.2, 0) is 4.79 Å². The number of hydrogen-bond donors (Lipinski definition) is 2. The van der Waals surface area contributed by atoms with E-state index >= 15 is 0 Å². The fourth-order valence-electron chi connectivity index (χ4n) is 4.91. The summed E-state index contributed by atoms with van der Waals surface area (Å²) in [5, 5.41) is 19.1. The molecule has 0 bridgehead atoms. The zero-order valence-electron chi connectivity index (χ0n) is 19.6. The first-order valence-corrected chi connectivity index (χ1v) is 12.0. The van der Waals surface area contributed by atoms with Crippen LogP contribution in [0.2, 0.25) is 0 Å². The fraction of sp³-hybridized carbons (Fsp3) is 0.320. The van der Waals surface area contributed by atoms with E-state index in [4.69, 9.17) is 9.97 Å². The minimum Gasteiger partial charge on any atom is -0.508 e. The number of rotatable bonds is 5. The monoisotopic (exact) mass is 486 g/mol. The van der Waals surface area contributed by atoms with Crippen LogP contribution in [0.15, 0.2) is 55.1 Å². The minimum atomic E-state index is -0.782. The quantitative estimate of drug-likeness (QED) is 0.434. The van der Waals surface area contributed by atoms with Crippen molar-refractivity contribution in [1.29, 1.82) is 0 Å². The van der Waals surface area contributed by atoms with E-state index in [1.165, 1.54) is 0 Å². The lowest BCUT2D eigenvalue weighted by molar-refractivity contribution is -0.140. The molecule has 0 aliphatic carbocycles. The molecule has 36 heavy (non-hydrogen) atoms. The fourth-order valence-corrected chi connectivity index (χ4v) is 4.91. The molecule has 5 heterocycles. The van der Waals surface area contributed by atoms with Gasteiger partial charge in [0.15, 0.2) is 17.0 Å². The van der Waals surface area contributed by atoms with Crippen molar-refractivity contribution in [2.24, 2.45) is 5.92 Å². The number of hydrogen-bond acceptors (Lipinski definition) is 9. The second-order valence-corrected chi connectivity index (χ2v) is 9.10. The molecule has 1 unspecified atom stereocenters. The molecule has 0 radical (unpaired) electrons. The number of carboxylic acid groups (broad SMARTS) is 1. The van der Waals surface area contributed by atoms with Gasteiger partial charge in [0.2, 0.25) is 5.95 Å². The van der Waals surface area contributed by atoms with Crippen LogP contribution >= 0.6 is 0 Å². The first kappa shape index (κ1) is 22.1. The molecule has 6 rings (SSSR count). The number of anilines is 3. The number of aromatic hydroxyl groups is 1. The minimum absolute atomic E-state index is 0.254. The van der Waals surface area contributed by atoms with Crippen molar-refractivity contribution < 1.29 is 15.0 Å². The lowest BCUT2D eigenvalue weighted by atomic mass is 10.1. The normalized spacial score (nSPS) is 18.2. The molecule has 4 aromatic rings. The molecule has 2 fully saturated rings. The van der Waals surface area contributed by atoms with Gasteiger partial charge in [0.25, 0.3) is 0 Å². The molecule has 2 saturated heterocycles. The summed E-state index contributed by atoms with van der Waals surface area (Å²) >= 11 is 0. The number of piperazine rings is 1. The molecule has 0 amide bonds. The number of aliphatic carboxylic acids is 1. The van der Waals surface area contributed by atoms with Gasteiger partial charge in [-0.25, -0.2) is 4.98 Å². The van der Waals surface area contributed by atoms with Crippen LogP contribution in [-0.4, -0.2) is 80.0 Å². The predicted octanol–water partition coefficient (Wildman–Crippen LogP) is 2.15. The second kappa shape index (κ2) is 8.99. The number of fused-ring (bicyclic) bond motifs is 1. The maximum absolute atomic E-state index is 11.6. The second-order valence-electron chi connectivity index (χ2n) is 9.10. The van der Waals surface area contributed by atoms with E-state index in [1.807, 2.05) is 33.7 Å². The van der Waals surface area contributed by atoms with E-state index in [-0.39, 0.29) is 5.75 Å². The van der Waals surface area contributed by atoms with Crippen molar-refractivity contribution in [2.75, 3.05) is 54.0 Å². The Morgan fingerprint density at radius 2 is 1.58 bits per heavy atom. The molecule has 1 atom stereocenters. The first-order chi connectivity index (χ1) is 17.6. The number of imidazole rings is 1.